The van der Waals surface area contributed by atoms with Crippen molar-refractivity contribution >= 4 is 0 Å². The van der Waals surface area contributed by atoms with Gasteiger partial charge in [0.05, 0.1) is 5.69 Å². The Morgan fingerprint density at radius 1 is 1.25 bits per heavy atom. The average Bonchev–Trinajstić information content (AvgIpc) is 2.63. The molecule has 0 saturated heterocycles. The van der Waals surface area contributed by atoms with E-state index < -0.39 is 0 Å². The van der Waals surface area contributed by atoms with Crippen LogP contribution in [0, 0.1) is 5.92 Å². The summed E-state index contributed by atoms with van der Waals surface area (Å²) in [5.74, 6) is 0.649. The van der Waals surface area contributed by atoms with Crippen LogP contribution in [0.5, 0.6) is 0 Å². The molecule has 1 fully saturated rings. The number of nitrogens with zero attached hydrogens (tertiary/aromatic N) is 2. The summed E-state index contributed by atoms with van der Waals surface area (Å²) in [6.07, 6.45) is 11.3. The molecular weight excluding hydrogens is 198 g/mol. The quantitative estimate of drug-likeness (QED) is 0.834. The lowest BCUT2D eigenvalue weighted by Crippen LogP contribution is -2.24. The molecule has 1 aliphatic rings. The average molecular weight is 221 g/mol. The van der Waals surface area contributed by atoms with Crippen LogP contribution in [0.3, 0.4) is 0 Å². The van der Waals surface area contributed by atoms with Crippen LogP contribution in [-0.2, 0) is 7.05 Å². The highest BCUT2D eigenvalue weighted by atomic mass is 15.3. The summed E-state index contributed by atoms with van der Waals surface area (Å²) < 4.78 is 1.92. The molecule has 1 aromatic heterocycles. The summed E-state index contributed by atoms with van der Waals surface area (Å²) in [4.78, 5) is 0. The molecule has 90 valence electrons. The SMILES string of the molecule is Cn1nccc1C(N)C1CCCCCCC1. The third-order valence-corrected chi connectivity index (χ3v) is 3.86. The van der Waals surface area contributed by atoms with Crippen molar-refractivity contribution < 1.29 is 0 Å². The molecule has 0 aromatic carbocycles. The Hall–Kier alpha value is -0.830. The van der Waals surface area contributed by atoms with Gasteiger partial charge in [-0.1, -0.05) is 32.1 Å². The predicted octanol–water partition coefficient (Wildman–Crippen LogP) is 2.78. The minimum absolute atomic E-state index is 0.172. The zero-order chi connectivity index (χ0) is 11.4. The Kier molecular flexibility index (Phi) is 3.99. The zero-order valence-electron chi connectivity index (χ0n) is 10.2. The first-order chi connectivity index (χ1) is 7.79. The maximum Gasteiger partial charge on any atom is 0.0550 e. The first kappa shape index (κ1) is 11.6. The minimum Gasteiger partial charge on any atom is -0.322 e. The Balaban J connectivity index is 2.02. The Bertz CT molecular complexity index is 311. The van der Waals surface area contributed by atoms with Crippen molar-refractivity contribution in [2.24, 2.45) is 18.7 Å². The number of aryl methyl sites for hydroxylation is 1. The van der Waals surface area contributed by atoms with Crippen LogP contribution < -0.4 is 5.73 Å². The maximum atomic E-state index is 6.37. The van der Waals surface area contributed by atoms with Crippen molar-refractivity contribution in [1.82, 2.24) is 9.78 Å². The van der Waals surface area contributed by atoms with E-state index in [1.807, 2.05) is 17.9 Å². The molecule has 3 heteroatoms. The number of hydrogen-bond donors (Lipinski definition) is 1. The summed E-state index contributed by atoms with van der Waals surface area (Å²) in [5, 5.41) is 4.21. The van der Waals surface area contributed by atoms with Gasteiger partial charge in [-0.05, 0) is 24.8 Å². The highest BCUT2D eigenvalue weighted by Crippen LogP contribution is 2.30. The van der Waals surface area contributed by atoms with Crippen LogP contribution in [-0.4, -0.2) is 9.78 Å². The van der Waals surface area contributed by atoms with Gasteiger partial charge in [0.1, 0.15) is 0 Å². The molecule has 16 heavy (non-hydrogen) atoms. The van der Waals surface area contributed by atoms with Gasteiger partial charge in [0.2, 0.25) is 0 Å². The molecule has 2 N–H and O–H groups in total. The maximum absolute atomic E-state index is 6.37. The van der Waals surface area contributed by atoms with Crippen molar-refractivity contribution in [1.29, 1.82) is 0 Å². The topological polar surface area (TPSA) is 43.8 Å². The second-order valence-electron chi connectivity index (χ2n) is 5.01. The van der Waals surface area contributed by atoms with Crippen LogP contribution in [0.25, 0.3) is 0 Å². The molecule has 0 radical (unpaired) electrons. The van der Waals surface area contributed by atoms with Gasteiger partial charge in [0, 0.05) is 19.3 Å². The fourth-order valence-corrected chi connectivity index (χ4v) is 2.80. The van der Waals surface area contributed by atoms with Crippen molar-refractivity contribution in [3.05, 3.63) is 18.0 Å². The van der Waals surface area contributed by atoms with E-state index >= 15 is 0 Å². The molecule has 1 heterocycles. The van der Waals surface area contributed by atoms with Crippen molar-refractivity contribution in [2.45, 2.75) is 51.0 Å². The first-order valence-electron chi connectivity index (χ1n) is 6.52. The van der Waals surface area contributed by atoms with Gasteiger partial charge in [-0.25, -0.2) is 0 Å². The van der Waals surface area contributed by atoms with E-state index in [0.717, 1.165) is 0 Å². The summed E-state index contributed by atoms with van der Waals surface area (Å²) in [6, 6.07) is 2.23. The van der Waals surface area contributed by atoms with Crippen molar-refractivity contribution in [3.8, 4) is 0 Å². The number of rotatable bonds is 2. The Morgan fingerprint density at radius 3 is 2.44 bits per heavy atom. The zero-order valence-corrected chi connectivity index (χ0v) is 10.2. The van der Waals surface area contributed by atoms with E-state index in [9.17, 15) is 0 Å². The molecular formula is C13H23N3. The lowest BCUT2D eigenvalue weighted by Gasteiger charge is -2.25. The van der Waals surface area contributed by atoms with Gasteiger partial charge in [-0.15, -0.1) is 0 Å². The van der Waals surface area contributed by atoms with Gasteiger partial charge in [-0.3, -0.25) is 4.68 Å². The molecule has 1 aromatic rings. The highest BCUT2D eigenvalue weighted by molar-refractivity contribution is 5.07. The molecule has 3 nitrogen and oxygen atoms in total. The summed E-state index contributed by atoms with van der Waals surface area (Å²) in [6.45, 7) is 0. The van der Waals surface area contributed by atoms with Crippen LogP contribution in [0.4, 0.5) is 0 Å². The molecule has 0 aliphatic heterocycles. The van der Waals surface area contributed by atoms with Crippen molar-refractivity contribution in [2.75, 3.05) is 0 Å². The lowest BCUT2D eigenvalue weighted by molar-refractivity contribution is 0.318. The monoisotopic (exact) mass is 221 g/mol. The van der Waals surface area contributed by atoms with Crippen LogP contribution in [0.1, 0.15) is 56.7 Å². The van der Waals surface area contributed by atoms with E-state index in [1.165, 1.54) is 50.6 Å². The summed E-state index contributed by atoms with van der Waals surface area (Å²) in [7, 11) is 1.98. The highest BCUT2D eigenvalue weighted by Gasteiger charge is 2.22. The molecule has 0 spiro atoms. The summed E-state index contributed by atoms with van der Waals surface area (Å²) >= 11 is 0. The number of nitrogens with two attached hydrogens (primary N) is 1. The Morgan fingerprint density at radius 2 is 1.88 bits per heavy atom. The smallest absolute Gasteiger partial charge is 0.0550 e. The lowest BCUT2D eigenvalue weighted by atomic mass is 9.85. The molecule has 1 unspecified atom stereocenters. The fourth-order valence-electron chi connectivity index (χ4n) is 2.80. The number of hydrogen-bond acceptors (Lipinski definition) is 2. The second-order valence-corrected chi connectivity index (χ2v) is 5.01. The van der Waals surface area contributed by atoms with E-state index in [4.69, 9.17) is 5.73 Å². The fraction of sp³-hybridized carbons (Fsp3) is 0.769. The second kappa shape index (κ2) is 5.48. The standard InChI is InChI=1S/C13H23N3/c1-16-12(9-10-15-16)13(14)11-7-5-3-2-4-6-8-11/h9-11,13H,2-8,14H2,1H3. The largest absolute Gasteiger partial charge is 0.322 e. The van der Waals surface area contributed by atoms with Gasteiger partial charge in [-0.2, -0.15) is 5.10 Å². The van der Waals surface area contributed by atoms with Crippen molar-refractivity contribution in [3.63, 3.8) is 0 Å². The van der Waals surface area contributed by atoms with Crippen LogP contribution in [0.2, 0.25) is 0 Å². The summed E-state index contributed by atoms with van der Waals surface area (Å²) in [5.41, 5.74) is 7.56. The molecule has 1 saturated carbocycles. The first-order valence-corrected chi connectivity index (χ1v) is 6.52. The van der Waals surface area contributed by atoms with E-state index in [0.29, 0.717) is 5.92 Å². The molecule has 2 rings (SSSR count). The van der Waals surface area contributed by atoms with E-state index in [2.05, 4.69) is 11.2 Å². The van der Waals surface area contributed by atoms with Crippen LogP contribution >= 0.6 is 0 Å². The number of aromatic nitrogens is 2. The third kappa shape index (κ3) is 2.64. The van der Waals surface area contributed by atoms with Gasteiger partial charge in [0.15, 0.2) is 0 Å². The molecule has 1 atom stereocenters. The van der Waals surface area contributed by atoms with E-state index in [-0.39, 0.29) is 6.04 Å². The van der Waals surface area contributed by atoms with Crippen LogP contribution in [0.15, 0.2) is 12.3 Å². The predicted molar refractivity (Wildman–Crippen MR) is 65.9 cm³/mol. The molecule has 0 bridgehead atoms. The van der Waals surface area contributed by atoms with Gasteiger partial charge in [0.25, 0.3) is 0 Å². The minimum atomic E-state index is 0.172. The molecule has 0 amide bonds. The molecule has 1 aliphatic carbocycles. The third-order valence-electron chi connectivity index (χ3n) is 3.86. The van der Waals surface area contributed by atoms with E-state index in [1.54, 1.807) is 0 Å². The Labute approximate surface area is 98.0 Å². The normalized spacial score (nSPS) is 21.4. The van der Waals surface area contributed by atoms with Gasteiger partial charge < -0.3 is 5.73 Å². The van der Waals surface area contributed by atoms with Gasteiger partial charge >= 0.3 is 0 Å².